The van der Waals surface area contributed by atoms with Crippen molar-refractivity contribution in [2.24, 2.45) is 5.73 Å². The van der Waals surface area contributed by atoms with Crippen LogP contribution in [-0.2, 0) is 17.6 Å². The Morgan fingerprint density at radius 2 is 2.00 bits per heavy atom. The zero-order valence-electron chi connectivity index (χ0n) is 12.9. The Morgan fingerprint density at radius 1 is 1.33 bits per heavy atom. The Labute approximate surface area is 137 Å². The molecule has 0 bridgehead atoms. The number of nitrogens with zero attached hydrogens (tertiary/aromatic N) is 2. The van der Waals surface area contributed by atoms with Gasteiger partial charge in [0, 0.05) is 6.42 Å². The number of rotatable bonds is 7. The minimum absolute atomic E-state index is 0.0292. The van der Waals surface area contributed by atoms with Gasteiger partial charge in [-0.2, -0.15) is 0 Å². The average molecular weight is 332 g/mol. The molecule has 0 aliphatic rings. The molecule has 24 heavy (non-hydrogen) atoms. The molecule has 0 unspecified atom stereocenters. The van der Waals surface area contributed by atoms with E-state index >= 15 is 0 Å². The first kappa shape index (κ1) is 17.1. The number of carbonyl (C=O) groups excluding carboxylic acids is 2. The van der Waals surface area contributed by atoms with Crippen LogP contribution in [0.3, 0.4) is 0 Å². The molecule has 0 aliphatic heterocycles. The van der Waals surface area contributed by atoms with Crippen molar-refractivity contribution < 1.29 is 19.2 Å². The molecule has 1 aromatic heterocycles. The average Bonchev–Trinajstić information content (AvgIpc) is 2.99. The van der Waals surface area contributed by atoms with E-state index in [0.717, 1.165) is 12.0 Å². The van der Waals surface area contributed by atoms with Crippen molar-refractivity contribution in [2.75, 3.05) is 6.61 Å². The third kappa shape index (κ3) is 3.75. The first-order valence-electron chi connectivity index (χ1n) is 7.21. The summed E-state index contributed by atoms with van der Waals surface area (Å²) >= 11 is 0. The summed E-state index contributed by atoms with van der Waals surface area (Å²) in [4.78, 5) is 33.3. The van der Waals surface area contributed by atoms with E-state index in [9.17, 15) is 19.7 Å². The molecule has 3 N–H and O–H groups in total. The number of aromatic amines is 1. The maximum Gasteiger partial charge on any atom is 0.355 e. The van der Waals surface area contributed by atoms with E-state index in [1.165, 1.54) is 0 Å². The van der Waals surface area contributed by atoms with Crippen LogP contribution in [0.1, 0.15) is 38.9 Å². The van der Waals surface area contributed by atoms with Crippen molar-refractivity contribution in [3.05, 3.63) is 56.8 Å². The second-order valence-corrected chi connectivity index (χ2v) is 4.95. The monoisotopic (exact) mass is 332 g/mol. The Hall–Kier alpha value is -3.23. The van der Waals surface area contributed by atoms with Crippen molar-refractivity contribution in [2.45, 2.75) is 19.8 Å². The Bertz CT molecular complexity index is 767. The molecule has 2 aromatic rings. The van der Waals surface area contributed by atoms with Crippen LogP contribution in [-0.4, -0.2) is 33.6 Å². The lowest BCUT2D eigenvalue weighted by Gasteiger charge is -2.05. The number of ether oxygens (including phenoxy) is 1. The summed E-state index contributed by atoms with van der Waals surface area (Å²) in [5, 5.41) is 16.6. The Morgan fingerprint density at radius 3 is 2.54 bits per heavy atom. The lowest BCUT2D eigenvalue weighted by Crippen LogP contribution is -2.16. The van der Waals surface area contributed by atoms with E-state index in [2.05, 4.69) is 10.2 Å². The van der Waals surface area contributed by atoms with Crippen LogP contribution in [0.4, 0.5) is 5.82 Å². The van der Waals surface area contributed by atoms with Crippen molar-refractivity contribution in [3.8, 4) is 0 Å². The maximum atomic E-state index is 11.9. The van der Waals surface area contributed by atoms with Crippen LogP contribution >= 0.6 is 0 Å². The fraction of sp³-hybridized carbons (Fsp3) is 0.267. The third-order valence-electron chi connectivity index (χ3n) is 3.42. The number of nitro groups is 1. The molecule has 1 amide bonds. The summed E-state index contributed by atoms with van der Waals surface area (Å²) in [5.74, 6) is -2.06. The number of nitrogens with one attached hydrogen (secondary N) is 1. The summed E-state index contributed by atoms with van der Waals surface area (Å²) in [6.45, 7) is 1.92. The molecule has 0 atom stereocenters. The van der Waals surface area contributed by atoms with Crippen molar-refractivity contribution in [1.82, 2.24) is 10.2 Å². The number of aryl methyl sites for hydroxylation is 1. The van der Waals surface area contributed by atoms with E-state index in [1.807, 2.05) is 19.1 Å². The topological polar surface area (TPSA) is 141 Å². The predicted octanol–water partition coefficient (Wildman–Crippen LogP) is 1.38. The van der Waals surface area contributed by atoms with Gasteiger partial charge in [0.05, 0.1) is 12.2 Å². The summed E-state index contributed by atoms with van der Waals surface area (Å²) in [7, 11) is 0. The number of benzene rings is 1. The van der Waals surface area contributed by atoms with E-state index in [4.69, 9.17) is 10.5 Å². The molecule has 0 saturated carbocycles. The standard InChI is InChI=1S/C15H16N4O5/c1-2-9-3-5-10(6-4-9)15(21)24-8-7-11-12(13(16)20)14(18-17-11)19(22)23/h3-6H,2,7-8H2,1H3,(H2,16,20)(H,17,18). The molecule has 0 spiro atoms. The van der Waals surface area contributed by atoms with Gasteiger partial charge >= 0.3 is 11.8 Å². The highest BCUT2D eigenvalue weighted by Gasteiger charge is 2.26. The van der Waals surface area contributed by atoms with Crippen molar-refractivity contribution >= 4 is 17.7 Å². The number of aromatic nitrogens is 2. The molecule has 1 aromatic carbocycles. The van der Waals surface area contributed by atoms with Gasteiger partial charge in [0.1, 0.15) is 5.69 Å². The van der Waals surface area contributed by atoms with Crippen molar-refractivity contribution in [1.29, 1.82) is 0 Å². The lowest BCUT2D eigenvalue weighted by atomic mass is 10.1. The quantitative estimate of drug-likeness (QED) is 0.445. The largest absolute Gasteiger partial charge is 0.462 e. The first-order chi connectivity index (χ1) is 11.4. The van der Waals surface area contributed by atoms with Gasteiger partial charge in [-0.05, 0) is 29.0 Å². The van der Waals surface area contributed by atoms with Crippen molar-refractivity contribution in [3.63, 3.8) is 0 Å². The minimum atomic E-state index is -0.966. The van der Waals surface area contributed by atoms with Crippen LogP contribution in [0, 0.1) is 10.1 Å². The van der Waals surface area contributed by atoms with Crippen LogP contribution in [0.25, 0.3) is 0 Å². The molecule has 9 heteroatoms. The molecule has 1 heterocycles. The van der Waals surface area contributed by atoms with Gasteiger partial charge in [-0.15, -0.1) is 5.10 Å². The molecule has 9 nitrogen and oxygen atoms in total. The number of hydrogen-bond acceptors (Lipinski definition) is 6. The van der Waals surface area contributed by atoms with E-state index in [0.29, 0.717) is 5.56 Å². The number of nitrogens with two attached hydrogens (primary N) is 1. The summed E-state index contributed by atoms with van der Waals surface area (Å²) in [5.41, 5.74) is 6.42. The first-order valence-corrected chi connectivity index (χ1v) is 7.21. The Kier molecular flexibility index (Phi) is 5.25. The highest BCUT2D eigenvalue weighted by molar-refractivity contribution is 5.97. The van der Waals surface area contributed by atoms with Gasteiger partial charge in [0.2, 0.25) is 0 Å². The predicted molar refractivity (Wildman–Crippen MR) is 83.6 cm³/mol. The van der Waals surface area contributed by atoms with Crippen LogP contribution < -0.4 is 5.73 Å². The number of H-pyrrole nitrogens is 1. The SMILES string of the molecule is CCc1ccc(C(=O)OCCc2n[nH]c([N+](=O)[O-])c2C(N)=O)cc1. The highest BCUT2D eigenvalue weighted by Crippen LogP contribution is 2.18. The molecule has 2 rings (SSSR count). The molecular weight excluding hydrogens is 316 g/mol. The Balaban J connectivity index is 2.00. The van der Waals surface area contributed by atoms with E-state index in [1.54, 1.807) is 12.1 Å². The van der Waals surface area contributed by atoms with Crippen LogP contribution in [0.15, 0.2) is 24.3 Å². The summed E-state index contributed by atoms with van der Waals surface area (Å²) < 4.78 is 5.10. The van der Waals surface area contributed by atoms with Gasteiger partial charge in [-0.25, -0.2) is 4.79 Å². The third-order valence-corrected chi connectivity index (χ3v) is 3.42. The number of esters is 1. The van der Waals surface area contributed by atoms with Crippen LogP contribution in [0.5, 0.6) is 0 Å². The number of primary amides is 1. The van der Waals surface area contributed by atoms with Crippen LogP contribution in [0.2, 0.25) is 0 Å². The maximum absolute atomic E-state index is 11.9. The smallest absolute Gasteiger partial charge is 0.355 e. The zero-order chi connectivity index (χ0) is 17.7. The molecule has 0 aliphatic carbocycles. The van der Waals surface area contributed by atoms with Gasteiger partial charge in [-0.1, -0.05) is 24.2 Å². The molecule has 0 radical (unpaired) electrons. The van der Waals surface area contributed by atoms with Gasteiger partial charge in [-0.3, -0.25) is 4.79 Å². The molecule has 0 fully saturated rings. The fourth-order valence-electron chi connectivity index (χ4n) is 2.14. The zero-order valence-corrected chi connectivity index (χ0v) is 12.9. The number of amides is 1. The lowest BCUT2D eigenvalue weighted by molar-refractivity contribution is -0.389. The molecule has 0 saturated heterocycles. The fourth-order valence-corrected chi connectivity index (χ4v) is 2.14. The second kappa shape index (κ2) is 7.36. The molecule has 126 valence electrons. The number of hydrogen-bond donors (Lipinski definition) is 2. The summed E-state index contributed by atoms with van der Waals surface area (Å²) in [6.07, 6.45) is 0.893. The van der Waals surface area contributed by atoms with E-state index in [-0.39, 0.29) is 24.3 Å². The highest BCUT2D eigenvalue weighted by atomic mass is 16.6. The second-order valence-electron chi connectivity index (χ2n) is 4.95. The van der Waals surface area contributed by atoms with Gasteiger partial charge in [0.25, 0.3) is 5.91 Å². The van der Waals surface area contributed by atoms with Gasteiger partial charge in [0.15, 0.2) is 5.56 Å². The minimum Gasteiger partial charge on any atom is -0.462 e. The number of carbonyl (C=O) groups is 2. The normalized spacial score (nSPS) is 10.4. The summed E-state index contributed by atoms with van der Waals surface area (Å²) in [6, 6.07) is 6.99. The van der Waals surface area contributed by atoms with Gasteiger partial charge < -0.3 is 20.6 Å². The van der Waals surface area contributed by atoms with E-state index < -0.39 is 22.6 Å². The molecular formula is C15H16N4O5.